The van der Waals surface area contributed by atoms with Crippen LogP contribution in [0.4, 0.5) is 0 Å². The van der Waals surface area contributed by atoms with Gasteiger partial charge in [-0.2, -0.15) is 11.8 Å². The van der Waals surface area contributed by atoms with Gasteiger partial charge in [-0.05, 0) is 18.4 Å². The number of hydrogen-bond donors (Lipinski definition) is 3. The molecule has 2 atom stereocenters. The van der Waals surface area contributed by atoms with Crippen LogP contribution < -0.4 is 11.5 Å². The Bertz CT molecular complexity index is 410. The molecule has 0 saturated heterocycles. The quantitative estimate of drug-likeness (QED) is 0.453. The van der Waals surface area contributed by atoms with Crippen molar-refractivity contribution in [1.82, 2.24) is 9.97 Å². The molecule has 1 aromatic heterocycles. The summed E-state index contributed by atoms with van der Waals surface area (Å²) in [6.07, 6.45) is 5.63. The van der Waals surface area contributed by atoms with E-state index in [4.69, 9.17) is 11.5 Å². The number of thioether (sulfide) groups is 1. The van der Waals surface area contributed by atoms with E-state index >= 15 is 0 Å². The number of nitrogens with zero attached hydrogens (tertiary/aromatic N) is 1. The SMILES string of the molecule is CSCCC(N)C(=O)OC(=O)C(N)Cc1cnc[nH]1. The number of aromatic nitrogens is 2. The van der Waals surface area contributed by atoms with Crippen LogP contribution in [0.25, 0.3) is 0 Å². The van der Waals surface area contributed by atoms with Crippen molar-refractivity contribution in [3.05, 3.63) is 18.2 Å². The van der Waals surface area contributed by atoms with Crippen LogP contribution in [0.15, 0.2) is 12.5 Å². The lowest BCUT2D eigenvalue weighted by molar-refractivity contribution is -0.161. The minimum atomic E-state index is -0.919. The van der Waals surface area contributed by atoms with Crippen LogP contribution in [0, 0.1) is 0 Å². The molecule has 0 saturated carbocycles. The van der Waals surface area contributed by atoms with Crippen LogP contribution in [-0.4, -0.2) is 46.0 Å². The molecule has 0 bridgehead atoms. The first-order valence-electron chi connectivity index (χ1n) is 5.77. The molecule has 0 aliphatic rings. The minimum absolute atomic E-state index is 0.228. The van der Waals surface area contributed by atoms with Gasteiger partial charge in [0, 0.05) is 18.3 Å². The Morgan fingerprint density at radius 2 is 2.11 bits per heavy atom. The van der Waals surface area contributed by atoms with Crippen LogP contribution in [0.5, 0.6) is 0 Å². The molecule has 0 amide bonds. The van der Waals surface area contributed by atoms with Gasteiger partial charge in [0.05, 0.1) is 6.33 Å². The number of imidazole rings is 1. The molecule has 0 fully saturated rings. The zero-order valence-corrected chi connectivity index (χ0v) is 11.5. The van der Waals surface area contributed by atoms with Gasteiger partial charge < -0.3 is 21.2 Å². The number of H-pyrrole nitrogens is 1. The summed E-state index contributed by atoms with van der Waals surface area (Å²) in [7, 11) is 0. The number of rotatable bonds is 7. The van der Waals surface area contributed by atoms with E-state index in [1.54, 1.807) is 18.0 Å². The monoisotopic (exact) mass is 286 g/mol. The van der Waals surface area contributed by atoms with Gasteiger partial charge in [0.1, 0.15) is 12.1 Å². The predicted octanol–water partition coefficient (Wildman–Crippen LogP) is -0.570. The molecule has 19 heavy (non-hydrogen) atoms. The highest BCUT2D eigenvalue weighted by Crippen LogP contribution is 2.03. The second kappa shape index (κ2) is 7.93. The lowest BCUT2D eigenvalue weighted by Crippen LogP contribution is -2.40. The molecule has 0 aliphatic carbocycles. The summed E-state index contributed by atoms with van der Waals surface area (Å²) in [5.74, 6) is -0.789. The standard InChI is InChI=1S/C11H18N4O3S/c1-19-3-2-8(12)10(16)18-11(17)9(13)4-7-5-14-6-15-7/h5-6,8-9H,2-4,12-13H2,1H3,(H,14,15). The van der Waals surface area contributed by atoms with Crippen molar-refractivity contribution in [2.45, 2.75) is 24.9 Å². The van der Waals surface area contributed by atoms with Crippen LogP contribution in [0.1, 0.15) is 12.1 Å². The van der Waals surface area contributed by atoms with E-state index < -0.39 is 24.0 Å². The third-order valence-corrected chi connectivity index (χ3v) is 3.08. The first kappa shape index (κ1) is 15.7. The minimum Gasteiger partial charge on any atom is -0.391 e. The first-order valence-corrected chi connectivity index (χ1v) is 7.17. The molecule has 1 rings (SSSR count). The molecular weight excluding hydrogens is 268 g/mol. The smallest absolute Gasteiger partial charge is 0.330 e. The Kier molecular flexibility index (Phi) is 6.54. The van der Waals surface area contributed by atoms with Gasteiger partial charge in [0.15, 0.2) is 0 Å². The molecule has 106 valence electrons. The highest BCUT2D eigenvalue weighted by molar-refractivity contribution is 7.98. The summed E-state index contributed by atoms with van der Waals surface area (Å²) in [6.45, 7) is 0. The number of carbonyl (C=O) groups is 2. The summed E-state index contributed by atoms with van der Waals surface area (Å²) in [6, 6.07) is -1.71. The van der Waals surface area contributed by atoms with Crippen LogP contribution in [0.3, 0.4) is 0 Å². The maximum Gasteiger partial charge on any atom is 0.330 e. The Balaban J connectivity index is 2.38. The van der Waals surface area contributed by atoms with Crippen molar-refractivity contribution in [2.24, 2.45) is 11.5 Å². The van der Waals surface area contributed by atoms with Crippen LogP contribution in [-0.2, 0) is 20.7 Å². The Labute approximate surface area is 115 Å². The van der Waals surface area contributed by atoms with Crippen molar-refractivity contribution >= 4 is 23.7 Å². The average Bonchev–Trinajstić information content (AvgIpc) is 2.88. The molecule has 8 heteroatoms. The molecule has 0 aromatic carbocycles. The molecule has 0 radical (unpaired) electrons. The maximum atomic E-state index is 11.6. The lowest BCUT2D eigenvalue weighted by atomic mass is 10.2. The summed E-state index contributed by atoms with van der Waals surface area (Å²) in [5.41, 5.74) is 11.9. The average molecular weight is 286 g/mol. The van der Waals surface area contributed by atoms with Gasteiger partial charge in [-0.25, -0.2) is 14.6 Å². The van der Waals surface area contributed by atoms with Gasteiger partial charge in [-0.1, -0.05) is 0 Å². The second-order valence-corrected chi connectivity index (χ2v) is 5.00. The summed E-state index contributed by atoms with van der Waals surface area (Å²) in [4.78, 5) is 29.7. The second-order valence-electron chi connectivity index (χ2n) is 4.02. The van der Waals surface area contributed by atoms with Crippen molar-refractivity contribution in [3.63, 3.8) is 0 Å². The third-order valence-electron chi connectivity index (χ3n) is 2.43. The van der Waals surface area contributed by atoms with Crippen molar-refractivity contribution in [1.29, 1.82) is 0 Å². The topological polar surface area (TPSA) is 124 Å². The number of esters is 2. The molecule has 7 nitrogen and oxygen atoms in total. The largest absolute Gasteiger partial charge is 0.391 e. The molecule has 2 unspecified atom stereocenters. The zero-order valence-electron chi connectivity index (χ0n) is 10.7. The molecule has 0 spiro atoms. The Morgan fingerprint density at radius 1 is 1.42 bits per heavy atom. The fourth-order valence-corrected chi connectivity index (χ4v) is 1.82. The Hall–Kier alpha value is -1.38. The predicted molar refractivity (Wildman–Crippen MR) is 72.3 cm³/mol. The molecule has 1 aromatic rings. The summed E-state index contributed by atoms with van der Waals surface area (Å²) in [5, 5.41) is 0. The number of nitrogens with two attached hydrogens (primary N) is 2. The highest BCUT2D eigenvalue weighted by Gasteiger charge is 2.23. The number of ether oxygens (including phenoxy) is 1. The van der Waals surface area contributed by atoms with Crippen LogP contribution >= 0.6 is 11.8 Å². The number of nitrogens with one attached hydrogen (secondary N) is 1. The van der Waals surface area contributed by atoms with Gasteiger partial charge >= 0.3 is 11.9 Å². The third kappa shape index (κ3) is 5.41. The van der Waals surface area contributed by atoms with Gasteiger partial charge in [0.2, 0.25) is 0 Å². The summed E-state index contributed by atoms with van der Waals surface area (Å²) >= 11 is 1.57. The first-order chi connectivity index (χ1) is 9.04. The molecule has 5 N–H and O–H groups in total. The van der Waals surface area contributed by atoms with Crippen molar-refractivity contribution in [3.8, 4) is 0 Å². The van der Waals surface area contributed by atoms with E-state index in [1.807, 2.05) is 6.26 Å². The molecular formula is C11H18N4O3S. The van der Waals surface area contributed by atoms with Gasteiger partial charge in [0.25, 0.3) is 0 Å². The highest BCUT2D eigenvalue weighted by atomic mass is 32.2. The molecule has 1 heterocycles. The molecule has 0 aliphatic heterocycles. The normalized spacial score (nSPS) is 13.8. The Morgan fingerprint density at radius 3 is 2.68 bits per heavy atom. The van der Waals surface area contributed by atoms with E-state index in [9.17, 15) is 9.59 Å². The number of carbonyl (C=O) groups excluding carboxylic acids is 2. The van der Waals surface area contributed by atoms with Crippen molar-refractivity contribution in [2.75, 3.05) is 12.0 Å². The van der Waals surface area contributed by atoms with E-state index in [-0.39, 0.29) is 6.42 Å². The van der Waals surface area contributed by atoms with Gasteiger partial charge in [-0.15, -0.1) is 0 Å². The van der Waals surface area contributed by atoms with Gasteiger partial charge in [-0.3, -0.25) is 0 Å². The van der Waals surface area contributed by atoms with E-state index in [2.05, 4.69) is 14.7 Å². The van der Waals surface area contributed by atoms with E-state index in [0.717, 1.165) is 5.75 Å². The number of aromatic amines is 1. The fourth-order valence-electron chi connectivity index (χ4n) is 1.33. The van der Waals surface area contributed by atoms with E-state index in [0.29, 0.717) is 12.1 Å². The fraction of sp³-hybridized carbons (Fsp3) is 0.545. The zero-order chi connectivity index (χ0) is 14.3. The lowest BCUT2D eigenvalue weighted by Gasteiger charge is -2.12. The van der Waals surface area contributed by atoms with E-state index in [1.165, 1.54) is 6.33 Å². The number of hydrogen-bond acceptors (Lipinski definition) is 7. The summed E-state index contributed by atoms with van der Waals surface area (Å²) < 4.78 is 4.65. The maximum absolute atomic E-state index is 11.6. The van der Waals surface area contributed by atoms with Crippen LogP contribution in [0.2, 0.25) is 0 Å². The van der Waals surface area contributed by atoms with Crippen molar-refractivity contribution < 1.29 is 14.3 Å².